The molecule has 10 nitrogen and oxygen atoms in total. The van der Waals surface area contributed by atoms with Crippen LogP contribution in [0.25, 0.3) is 0 Å². The van der Waals surface area contributed by atoms with Crippen LogP contribution in [0, 0.1) is 0 Å². The van der Waals surface area contributed by atoms with E-state index in [1.807, 2.05) is 4.90 Å². The zero-order chi connectivity index (χ0) is 19.4. The molecule has 11 heteroatoms. The highest BCUT2D eigenvalue weighted by atomic mass is 35.5. The first kappa shape index (κ1) is 19.4. The molecule has 2 aliphatic heterocycles. The van der Waals surface area contributed by atoms with Gasteiger partial charge in [0, 0.05) is 32.1 Å². The van der Waals surface area contributed by atoms with Gasteiger partial charge < -0.3 is 25.6 Å². The molecule has 2 amide bonds. The zero-order valence-corrected chi connectivity index (χ0v) is 15.6. The van der Waals surface area contributed by atoms with Crippen molar-refractivity contribution in [2.45, 2.75) is 31.4 Å². The van der Waals surface area contributed by atoms with Gasteiger partial charge in [-0.25, -0.2) is 9.89 Å². The zero-order valence-electron chi connectivity index (χ0n) is 14.8. The van der Waals surface area contributed by atoms with Gasteiger partial charge in [-0.1, -0.05) is 11.6 Å². The van der Waals surface area contributed by atoms with Gasteiger partial charge in [-0.3, -0.25) is 9.59 Å². The van der Waals surface area contributed by atoms with Gasteiger partial charge in [-0.2, -0.15) is 5.10 Å². The van der Waals surface area contributed by atoms with Gasteiger partial charge in [0.2, 0.25) is 5.91 Å². The van der Waals surface area contributed by atoms with Crippen LogP contribution in [0.3, 0.4) is 0 Å². The molecule has 1 aromatic rings. The number of carbonyl (C=O) groups is 2. The third-order valence-electron chi connectivity index (χ3n) is 4.88. The molecular formula is C16H23ClN6O4. The molecule has 1 aromatic heterocycles. The number of anilines is 1. The van der Waals surface area contributed by atoms with E-state index in [9.17, 15) is 14.4 Å². The van der Waals surface area contributed by atoms with Crippen LogP contribution in [0.15, 0.2) is 11.0 Å². The Hall–Kier alpha value is -2.33. The van der Waals surface area contributed by atoms with Crippen LogP contribution in [0.1, 0.15) is 19.3 Å². The minimum atomic E-state index is -0.472. The maximum Gasteiger partial charge on any atom is 0.407 e. The Balaban J connectivity index is 1.45. The Labute approximate surface area is 161 Å². The van der Waals surface area contributed by atoms with E-state index < -0.39 is 11.7 Å². The van der Waals surface area contributed by atoms with Crippen LogP contribution < -0.4 is 21.5 Å². The number of halogens is 1. The number of aromatic amines is 1. The van der Waals surface area contributed by atoms with Crippen molar-refractivity contribution in [3.8, 4) is 0 Å². The minimum Gasteiger partial charge on any atom is -0.444 e. The first-order chi connectivity index (χ1) is 13.0. The van der Waals surface area contributed by atoms with Crippen LogP contribution in [-0.4, -0.2) is 72.0 Å². The molecule has 27 heavy (non-hydrogen) atoms. The van der Waals surface area contributed by atoms with E-state index in [4.69, 9.17) is 22.1 Å². The van der Waals surface area contributed by atoms with Crippen molar-refractivity contribution >= 4 is 29.3 Å². The molecule has 3 heterocycles. The smallest absolute Gasteiger partial charge is 0.407 e. The van der Waals surface area contributed by atoms with Crippen molar-refractivity contribution < 1.29 is 14.3 Å². The number of nitrogens with two attached hydrogens (primary N) is 1. The van der Waals surface area contributed by atoms with Gasteiger partial charge >= 0.3 is 6.09 Å². The maximum absolute atomic E-state index is 12.2. The van der Waals surface area contributed by atoms with Crippen molar-refractivity contribution in [3.63, 3.8) is 0 Å². The van der Waals surface area contributed by atoms with Crippen LogP contribution >= 0.6 is 11.6 Å². The van der Waals surface area contributed by atoms with E-state index in [0.717, 1.165) is 0 Å². The first-order valence-corrected chi connectivity index (χ1v) is 9.29. The summed E-state index contributed by atoms with van der Waals surface area (Å²) in [5.41, 5.74) is 5.45. The topological polar surface area (TPSA) is 134 Å². The van der Waals surface area contributed by atoms with Crippen molar-refractivity contribution in [1.82, 2.24) is 20.4 Å². The monoisotopic (exact) mass is 398 g/mol. The fraction of sp³-hybridized carbons (Fsp3) is 0.625. The minimum absolute atomic E-state index is 0.00510. The lowest BCUT2D eigenvalue weighted by Crippen LogP contribution is -2.48. The third kappa shape index (κ3) is 4.69. The van der Waals surface area contributed by atoms with Gasteiger partial charge in [0.15, 0.2) is 0 Å². The molecule has 2 saturated heterocycles. The normalized spacial score (nSPS) is 20.6. The number of alkyl carbamates (subject to hydrolysis) is 1. The number of ether oxygens (including phenoxy) is 1. The van der Waals surface area contributed by atoms with Gasteiger partial charge in [0.05, 0.1) is 25.0 Å². The molecule has 2 fully saturated rings. The Morgan fingerprint density at radius 3 is 2.78 bits per heavy atom. The molecule has 0 radical (unpaired) electrons. The van der Waals surface area contributed by atoms with Crippen LogP contribution in [0.5, 0.6) is 0 Å². The number of likely N-dealkylation sites (tertiary alicyclic amines) is 1. The lowest BCUT2D eigenvalue weighted by atomic mass is 10.1. The number of rotatable bonds is 4. The second-order valence-electron chi connectivity index (χ2n) is 6.66. The van der Waals surface area contributed by atoms with Crippen molar-refractivity contribution in [3.05, 3.63) is 21.6 Å². The van der Waals surface area contributed by atoms with Crippen molar-refractivity contribution in [2.24, 2.45) is 5.73 Å². The van der Waals surface area contributed by atoms with Gasteiger partial charge in [0.25, 0.3) is 5.56 Å². The summed E-state index contributed by atoms with van der Waals surface area (Å²) >= 11 is 6.02. The lowest BCUT2D eigenvalue weighted by Gasteiger charge is -2.32. The average Bonchev–Trinajstić information content (AvgIpc) is 3.12. The average molecular weight is 399 g/mol. The number of nitrogens with one attached hydrogen (secondary N) is 2. The molecular weight excluding hydrogens is 376 g/mol. The fourth-order valence-corrected chi connectivity index (χ4v) is 3.60. The highest BCUT2D eigenvalue weighted by Gasteiger charge is 2.29. The third-order valence-corrected chi connectivity index (χ3v) is 5.25. The summed E-state index contributed by atoms with van der Waals surface area (Å²) in [4.78, 5) is 38.9. The van der Waals surface area contributed by atoms with Crippen LogP contribution in [0.4, 0.5) is 10.5 Å². The summed E-state index contributed by atoms with van der Waals surface area (Å²) in [7, 11) is 0. The Morgan fingerprint density at radius 2 is 2.07 bits per heavy atom. The summed E-state index contributed by atoms with van der Waals surface area (Å²) in [6.07, 6.45) is 2.71. The number of nitrogens with zero attached hydrogens (tertiary/aromatic N) is 3. The van der Waals surface area contributed by atoms with Crippen LogP contribution in [-0.2, 0) is 9.53 Å². The second kappa shape index (κ2) is 8.57. The number of carbonyl (C=O) groups excluding carboxylic acids is 2. The summed E-state index contributed by atoms with van der Waals surface area (Å²) in [6.45, 7) is 2.22. The molecule has 0 bridgehead atoms. The predicted octanol–water partition coefficient (Wildman–Crippen LogP) is -0.322. The quantitative estimate of drug-likeness (QED) is 0.632. The highest BCUT2D eigenvalue weighted by Crippen LogP contribution is 2.25. The molecule has 0 unspecified atom stereocenters. The molecule has 0 aliphatic carbocycles. The molecule has 1 atom stereocenters. The van der Waals surface area contributed by atoms with E-state index in [1.165, 1.54) is 6.20 Å². The summed E-state index contributed by atoms with van der Waals surface area (Å²) in [6, 6.07) is -0.0249. The lowest BCUT2D eigenvalue weighted by molar-refractivity contribution is -0.130. The number of amides is 2. The molecule has 148 valence electrons. The SMILES string of the molecule is NCC(=O)N1CCC(NC(=O)O[C@@H]2CCN(c3cn[nH]c(=O)c3Cl)C2)CC1. The highest BCUT2D eigenvalue weighted by molar-refractivity contribution is 6.33. The number of aromatic nitrogens is 2. The van der Waals surface area contributed by atoms with Crippen molar-refractivity contribution in [2.75, 3.05) is 37.6 Å². The van der Waals surface area contributed by atoms with E-state index in [-0.39, 0.29) is 29.6 Å². The Morgan fingerprint density at radius 1 is 1.33 bits per heavy atom. The van der Waals surface area contributed by atoms with Gasteiger partial charge in [-0.15, -0.1) is 0 Å². The number of hydrogen-bond donors (Lipinski definition) is 3. The van der Waals surface area contributed by atoms with Gasteiger partial charge in [-0.05, 0) is 12.8 Å². The maximum atomic E-state index is 12.2. The molecule has 0 saturated carbocycles. The standard InChI is InChI=1S/C16H23ClN6O4/c17-14-12(8-19-21-15(14)25)23-6-3-11(9-23)27-16(26)20-10-1-4-22(5-2-10)13(24)7-18/h8,10-11H,1-7,9,18H2,(H,20,26)(H,21,25)/t11-/m1/s1. The Kier molecular flexibility index (Phi) is 6.17. The second-order valence-corrected chi connectivity index (χ2v) is 7.04. The molecule has 2 aliphatic rings. The summed E-state index contributed by atoms with van der Waals surface area (Å²) in [5, 5.41) is 8.97. The number of hydrogen-bond acceptors (Lipinski definition) is 7. The van der Waals surface area contributed by atoms with Gasteiger partial charge in [0.1, 0.15) is 11.1 Å². The predicted molar refractivity (Wildman–Crippen MR) is 98.8 cm³/mol. The van der Waals surface area contributed by atoms with Crippen LogP contribution in [0.2, 0.25) is 5.02 Å². The molecule has 4 N–H and O–H groups in total. The number of H-pyrrole nitrogens is 1. The molecule has 0 aromatic carbocycles. The summed E-state index contributed by atoms with van der Waals surface area (Å²) < 4.78 is 5.49. The van der Waals surface area contributed by atoms with E-state index in [0.29, 0.717) is 51.1 Å². The van der Waals surface area contributed by atoms with E-state index in [1.54, 1.807) is 4.90 Å². The summed E-state index contributed by atoms with van der Waals surface area (Å²) in [5.74, 6) is -0.0741. The molecule has 3 rings (SSSR count). The van der Waals surface area contributed by atoms with Crippen molar-refractivity contribution in [1.29, 1.82) is 0 Å². The molecule has 0 spiro atoms. The number of piperidine rings is 1. The first-order valence-electron chi connectivity index (χ1n) is 8.91. The largest absolute Gasteiger partial charge is 0.444 e. The Bertz CT molecular complexity index is 749. The fourth-order valence-electron chi connectivity index (χ4n) is 3.39. The van der Waals surface area contributed by atoms with E-state index in [2.05, 4.69) is 15.5 Å². The van der Waals surface area contributed by atoms with E-state index >= 15 is 0 Å².